The van der Waals surface area contributed by atoms with Gasteiger partial charge in [0, 0.05) is 17.0 Å². The summed E-state index contributed by atoms with van der Waals surface area (Å²) in [7, 11) is 1.61. The van der Waals surface area contributed by atoms with Gasteiger partial charge >= 0.3 is 5.88 Å². The topological polar surface area (TPSA) is 68.2 Å². The number of rotatable bonds is 7. The minimum Gasteiger partial charge on any atom is -0.378 e. The number of methoxy groups -OCH3 is 1. The molecule has 1 aromatic carbocycles. The van der Waals surface area contributed by atoms with Crippen LogP contribution in [0.1, 0.15) is 0 Å². The van der Waals surface area contributed by atoms with Crippen molar-refractivity contribution < 1.29 is 18.7 Å². The van der Waals surface area contributed by atoms with E-state index in [9.17, 15) is 4.79 Å². The Balaban J connectivity index is 1.78. The molecule has 0 aliphatic heterocycles. The van der Waals surface area contributed by atoms with Crippen molar-refractivity contribution >= 4 is 35.2 Å². The molecule has 0 fully saturated rings. The molecule has 2 aromatic rings. The van der Waals surface area contributed by atoms with Crippen molar-refractivity contribution in [2.45, 2.75) is 11.4 Å². The predicted octanol–water partition coefficient (Wildman–Crippen LogP) is 1.99. The SMILES string of the molecule is COCC[n+]1cc(NC(=O)CSc2ccc(Cl)cc2)on1. The van der Waals surface area contributed by atoms with Gasteiger partial charge in [-0.15, -0.1) is 11.8 Å². The molecule has 1 heterocycles. The zero-order chi connectivity index (χ0) is 15.1. The number of carbonyl (C=O) groups excluding carboxylic acids is 1. The van der Waals surface area contributed by atoms with Gasteiger partial charge in [-0.25, -0.2) is 0 Å². The number of nitrogens with one attached hydrogen (secondary N) is 1. The highest BCUT2D eigenvalue weighted by Gasteiger charge is 2.13. The number of ether oxygens (including phenoxy) is 1. The van der Waals surface area contributed by atoms with E-state index in [4.69, 9.17) is 20.9 Å². The number of hydrogen-bond acceptors (Lipinski definition) is 5. The van der Waals surface area contributed by atoms with E-state index in [-0.39, 0.29) is 11.7 Å². The molecule has 112 valence electrons. The number of aromatic nitrogens is 2. The molecule has 8 heteroatoms. The molecule has 0 bridgehead atoms. The van der Waals surface area contributed by atoms with Gasteiger partial charge in [-0.05, 0) is 28.9 Å². The third-order valence-electron chi connectivity index (χ3n) is 2.48. The van der Waals surface area contributed by atoms with Crippen LogP contribution in [0.4, 0.5) is 5.88 Å². The minimum absolute atomic E-state index is 0.162. The summed E-state index contributed by atoms with van der Waals surface area (Å²) in [6.45, 7) is 1.09. The molecule has 1 aromatic heterocycles. The van der Waals surface area contributed by atoms with Gasteiger partial charge in [0.1, 0.15) is 6.61 Å². The molecule has 0 radical (unpaired) electrons. The van der Waals surface area contributed by atoms with Gasteiger partial charge < -0.3 is 4.74 Å². The van der Waals surface area contributed by atoms with Gasteiger partial charge in [0.25, 0.3) is 6.20 Å². The molecule has 2 rings (SSSR count). The smallest absolute Gasteiger partial charge is 0.302 e. The first-order valence-electron chi connectivity index (χ1n) is 6.21. The molecule has 6 nitrogen and oxygen atoms in total. The first-order chi connectivity index (χ1) is 10.2. The summed E-state index contributed by atoms with van der Waals surface area (Å²) >= 11 is 7.22. The predicted molar refractivity (Wildman–Crippen MR) is 79.4 cm³/mol. The van der Waals surface area contributed by atoms with Crippen molar-refractivity contribution in [1.29, 1.82) is 0 Å². The molecular formula is C13H15ClN3O3S+. The molecule has 21 heavy (non-hydrogen) atoms. The highest BCUT2D eigenvalue weighted by Crippen LogP contribution is 2.20. The first kappa shape index (κ1) is 15.8. The maximum atomic E-state index is 11.8. The van der Waals surface area contributed by atoms with Crippen molar-refractivity contribution in [2.24, 2.45) is 0 Å². The lowest BCUT2D eigenvalue weighted by Gasteiger charge is -2.00. The van der Waals surface area contributed by atoms with Gasteiger partial charge in [-0.3, -0.25) is 14.6 Å². The number of thioether (sulfide) groups is 1. The highest BCUT2D eigenvalue weighted by atomic mass is 35.5. The van der Waals surface area contributed by atoms with Crippen LogP contribution in [0.2, 0.25) is 5.02 Å². The maximum Gasteiger partial charge on any atom is 0.302 e. The summed E-state index contributed by atoms with van der Waals surface area (Å²) in [5.41, 5.74) is 0. The summed E-state index contributed by atoms with van der Waals surface area (Å²) < 4.78 is 11.5. The second-order valence-electron chi connectivity index (χ2n) is 4.11. The summed E-state index contributed by atoms with van der Waals surface area (Å²) in [4.78, 5) is 12.8. The molecular weight excluding hydrogens is 314 g/mol. The van der Waals surface area contributed by atoms with Gasteiger partial charge in [0.05, 0.1) is 5.75 Å². The fourth-order valence-electron chi connectivity index (χ4n) is 1.48. The van der Waals surface area contributed by atoms with Crippen LogP contribution >= 0.6 is 23.4 Å². The highest BCUT2D eigenvalue weighted by molar-refractivity contribution is 8.00. The zero-order valence-corrected chi connectivity index (χ0v) is 13.0. The number of hydrogen-bond donors (Lipinski definition) is 1. The Morgan fingerprint density at radius 3 is 2.95 bits per heavy atom. The summed E-state index contributed by atoms with van der Waals surface area (Å²) in [6.07, 6.45) is 1.61. The molecule has 1 amide bonds. The fourth-order valence-corrected chi connectivity index (χ4v) is 2.30. The molecule has 0 unspecified atom stereocenters. The standard InChI is InChI=1S/C13H14ClN3O3S/c1-19-7-6-17-8-13(20-16-17)15-12(18)9-21-11-4-2-10(14)3-5-11/h2-5,8H,6-7,9H2,1H3/p+1. The quantitative estimate of drug-likeness (QED) is 0.622. The Labute approximate surface area is 131 Å². The Kier molecular flexibility index (Phi) is 6.04. The van der Waals surface area contributed by atoms with Crippen LogP contribution in [-0.2, 0) is 16.1 Å². The largest absolute Gasteiger partial charge is 0.378 e. The Bertz CT molecular complexity index is 589. The van der Waals surface area contributed by atoms with Crippen LogP contribution in [0.3, 0.4) is 0 Å². The van der Waals surface area contributed by atoms with Gasteiger partial charge in [0.2, 0.25) is 17.7 Å². The fraction of sp³-hybridized carbons (Fsp3) is 0.308. The Morgan fingerprint density at radius 1 is 1.48 bits per heavy atom. The van der Waals surface area contributed by atoms with E-state index in [1.165, 1.54) is 11.8 Å². The zero-order valence-electron chi connectivity index (χ0n) is 11.4. The molecule has 0 saturated carbocycles. The van der Waals surface area contributed by atoms with Crippen LogP contribution in [0.25, 0.3) is 0 Å². The van der Waals surface area contributed by atoms with Crippen molar-refractivity contribution in [3.63, 3.8) is 0 Å². The number of benzene rings is 1. The molecule has 1 N–H and O–H groups in total. The normalized spacial score (nSPS) is 10.6. The Morgan fingerprint density at radius 2 is 2.24 bits per heavy atom. The van der Waals surface area contributed by atoms with Crippen molar-refractivity contribution in [3.05, 3.63) is 35.5 Å². The summed E-state index contributed by atoms with van der Waals surface area (Å²) in [6, 6.07) is 7.31. The van der Waals surface area contributed by atoms with E-state index in [1.807, 2.05) is 12.1 Å². The van der Waals surface area contributed by atoms with Crippen LogP contribution in [-0.4, -0.2) is 30.6 Å². The average Bonchev–Trinajstić information content (AvgIpc) is 2.92. The van der Waals surface area contributed by atoms with E-state index < -0.39 is 0 Å². The third kappa shape index (κ3) is 5.37. The van der Waals surface area contributed by atoms with Gasteiger partial charge in [0.15, 0.2) is 0 Å². The van der Waals surface area contributed by atoms with Crippen LogP contribution in [0.5, 0.6) is 0 Å². The first-order valence-corrected chi connectivity index (χ1v) is 7.57. The van der Waals surface area contributed by atoms with Crippen LogP contribution in [0, 0.1) is 0 Å². The van der Waals surface area contributed by atoms with E-state index in [0.717, 1.165) is 4.90 Å². The maximum absolute atomic E-state index is 11.8. The summed E-state index contributed by atoms with van der Waals surface area (Å²) in [5, 5.41) is 7.08. The molecule has 0 aliphatic carbocycles. The monoisotopic (exact) mass is 328 g/mol. The second-order valence-corrected chi connectivity index (χ2v) is 5.60. The van der Waals surface area contributed by atoms with Crippen molar-refractivity contribution in [1.82, 2.24) is 5.27 Å². The Hall–Kier alpha value is -1.57. The molecule has 0 aliphatic rings. The van der Waals surface area contributed by atoms with Gasteiger partial charge in [-0.2, -0.15) is 0 Å². The number of amides is 1. The lowest BCUT2D eigenvalue weighted by atomic mass is 10.4. The lowest BCUT2D eigenvalue weighted by molar-refractivity contribution is -0.763. The van der Waals surface area contributed by atoms with E-state index in [2.05, 4.69) is 10.6 Å². The van der Waals surface area contributed by atoms with Gasteiger partial charge in [-0.1, -0.05) is 11.6 Å². The summed E-state index contributed by atoms with van der Waals surface area (Å²) in [5.74, 6) is 0.429. The van der Waals surface area contributed by atoms with Crippen LogP contribution in [0.15, 0.2) is 39.9 Å². The number of carbonyl (C=O) groups is 1. The van der Waals surface area contributed by atoms with Crippen LogP contribution < -0.4 is 10.00 Å². The van der Waals surface area contributed by atoms with E-state index >= 15 is 0 Å². The number of halogens is 1. The molecule has 0 atom stereocenters. The molecule has 0 spiro atoms. The second kappa shape index (κ2) is 8.02. The number of nitrogens with zero attached hydrogens (tertiary/aromatic N) is 2. The average molecular weight is 329 g/mol. The number of anilines is 1. The van der Waals surface area contributed by atoms with E-state index in [0.29, 0.717) is 24.1 Å². The lowest BCUT2D eigenvalue weighted by Crippen LogP contribution is -2.36. The van der Waals surface area contributed by atoms with Crippen molar-refractivity contribution in [3.8, 4) is 0 Å². The third-order valence-corrected chi connectivity index (χ3v) is 3.75. The van der Waals surface area contributed by atoms with Crippen molar-refractivity contribution in [2.75, 3.05) is 24.8 Å². The molecule has 0 saturated heterocycles. The minimum atomic E-state index is -0.162. The van der Waals surface area contributed by atoms with E-state index in [1.54, 1.807) is 30.1 Å².